The quantitative estimate of drug-likeness (QED) is 0.937. The second kappa shape index (κ2) is 5.01. The Balaban J connectivity index is 2.40. The van der Waals surface area contributed by atoms with Gasteiger partial charge in [0.25, 0.3) is 10.0 Å². The Kier molecular flexibility index (Phi) is 3.57. The van der Waals surface area contributed by atoms with E-state index in [0.29, 0.717) is 11.4 Å². The third-order valence-corrected chi connectivity index (χ3v) is 4.28. The highest BCUT2D eigenvalue weighted by atomic mass is 32.2. The van der Waals surface area contributed by atoms with Gasteiger partial charge >= 0.3 is 0 Å². The number of nitrogens with zero attached hydrogens (tertiary/aromatic N) is 1. The van der Waals surface area contributed by atoms with Crippen molar-refractivity contribution in [3.63, 3.8) is 0 Å². The van der Waals surface area contributed by atoms with Crippen molar-refractivity contribution >= 4 is 15.8 Å². The molecule has 0 atom stereocenters. The Bertz CT molecular complexity index is 709. The molecule has 2 aromatic rings. The number of anilines is 1. The summed E-state index contributed by atoms with van der Waals surface area (Å²) < 4.78 is 27.2. The van der Waals surface area contributed by atoms with E-state index in [1.165, 1.54) is 0 Å². The largest absolute Gasteiger partial charge is 0.263 e. The highest BCUT2D eigenvalue weighted by Gasteiger charge is 2.17. The van der Waals surface area contributed by atoms with E-state index in [4.69, 9.17) is 0 Å². The lowest BCUT2D eigenvalue weighted by molar-refractivity contribution is 0.600. The maximum absolute atomic E-state index is 12.3. The number of aryl methyl sites for hydroxylation is 3. The summed E-state index contributed by atoms with van der Waals surface area (Å²) >= 11 is 0. The SMILES string of the molecule is Cc1ccnc(NS(=O)(=O)c2cc(C)ccc2C)c1. The fourth-order valence-corrected chi connectivity index (χ4v) is 3.11. The van der Waals surface area contributed by atoms with Gasteiger partial charge in [0.1, 0.15) is 5.82 Å². The monoisotopic (exact) mass is 276 g/mol. The first-order valence-corrected chi connectivity index (χ1v) is 7.39. The van der Waals surface area contributed by atoms with Gasteiger partial charge in [0, 0.05) is 6.20 Å². The first-order chi connectivity index (χ1) is 8.88. The smallest absolute Gasteiger partial charge is 0.263 e. The maximum Gasteiger partial charge on any atom is 0.263 e. The molecule has 2 rings (SSSR count). The second-order valence-corrected chi connectivity index (χ2v) is 6.24. The van der Waals surface area contributed by atoms with Gasteiger partial charge in [0.15, 0.2) is 0 Å². The van der Waals surface area contributed by atoms with Crippen LogP contribution in [0.2, 0.25) is 0 Å². The van der Waals surface area contributed by atoms with Gasteiger partial charge in [-0.2, -0.15) is 0 Å². The Morgan fingerprint density at radius 2 is 1.68 bits per heavy atom. The van der Waals surface area contributed by atoms with Crippen molar-refractivity contribution in [3.05, 3.63) is 53.2 Å². The Hall–Kier alpha value is -1.88. The summed E-state index contributed by atoms with van der Waals surface area (Å²) in [6.45, 7) is 5.53. The molecule has 1 N–H and O–H groups in total. The summed E-state index contributed by atoms with van der Waals surface area (Å²) in [4.78, 5) is 4.30. The van der Waals surface area contributed by atoms with Crippen molar-refractivity contribution in [1.29, 1.82) is 0 Å². The molecule has 100 valence electrons. The fourth-order valence-electron chi connectivity index (χ4n) is 1.78. The molecule has 4 nitrogen and oxygen atoms in total. The molecule has 0 saturated heterocycles. The van der Waals surface area contributed by atoms with Gasteiger partial charge in [0.2, 0.25) is 0 Å². The van der Waals surface area contributed by atoms with Crippen molar-refractivity contribution in [2.45, 2.75) is 25.7 Å². The lowest BCUT2D eigenvalue weighted by Gasteiger charge is -2.10. The third-order valence-electron chi connectivity index (χ3n) is 2.79. The van der Waals surface area contributed by atoms with Crippen LogP contribution >= 0.6 is 0 Å². The van der Waals surface area contributed by atoms with Crippen molar-refractivity contribution in [3.8, 4) is 0 Å². The molecular formula is C14H16N2O2S. The van der Waals surface area contributed by atoms with Crippen LogP contribution in [0.1, 0.15) is 16.7 Å². The fraction of sp³-hybridized carbons (Fsp3) is 0.214. The van der Waals surface area contributed by atoms with E-state index in [1.807, 2.05) is 26.0 Å². The number of hydrogen-bond donors (Lipinski definition) is 1. The summed E-state index contributed by atoms with van der Waals surface area (Å²) in [5.41, 5.74) is 2.57. The molecule has 0 spiro atoms. The predicted molar refractivity (Wildman–Crippen MR) is 75.7 cm³/mol. The Morgan fingerprint density at radius 3 is 2.37 bits per heavy atom. The van der Waals surface area contributed by atoms with Crippen LogP contribution in [-0.2, 0) is 10.0 Å². The molecule has 0 fully saturated rings. The molecule has 0 radical (unpaired) electrons. The minimum Gasteiger partial charge on any atom is -0.263 e. The molecule has 1 aromatic heterocycles. The molecule has 0 unspecified atom stereocenters. The second-order valence-electron chi connectivity index (χ2n) is 4.59. The highest BCUT2D eigenvalue weighted by molar-refractivity contribution is 7.92. The van der Waals surface area contributed by atoms with Crippen molar-refractivity contribution in [2.24, 2.45) is 0 Å². The van der Waals surface area contributed by atoms with Gasteiger partial charge in [-0.25, -0.2) is 13.4 Å². The van der Waals surface area contributed by atoms with Crippen molar-refractivity contribution in [1.82, 2.24) is 4.98 Å². The minimum absolute atomic E-state index is 0.288. The number of sulfonamides is 1. The molecule has 0 aliphatic rings. The number of rotatable bonds is 3. The van der Waals surface area contributed by atoms with Crippen LogP contribution in [0.25, 0.3) is 0 Å². The van der Waals surface area contributed by atoms with Crippen LogP contribution in [0.5, 0.6) is 0 Å². The van der Waals surface area contributed by atoms with Crippen LogP contribution in [0.4, 0.5) is 5.82 Å². The van der Waals surface area contributed by atoms with Gasteiger partial charge in [-0.05, 0) is 55.7 Å². The van der Waals surface area contributed by atoms with E-state index in [2.05, 4.69) is 9.71 Å². The van der Waals surface area contributed by atoms with Crippen molar-refractivity contribution < 1.29 is 8.42 Å². The molecule has 0 aliphatic carbocycles. The maximum atomic E-state index is 12.3. The minimum atomic E-state index is -3.60. The van der Waals surface area contributed by atoms with Crippen molar-refractivity contribution in [2.75, 3.05) is 4.72 Å². The van der Waals surface area contributed by atoms with E-state index in [-0.39, 0.29) is 4.90 Å². The normalized spacial score (nSPS) is 11.3. The standard InChI is InChI=1S/C14H16N2O2S/c1-10-4-5-12(3)13(8-10)19(17,18)16-14-9-11(2)6-7-15-14/h4-9H,1-3H3,(H,15,16). The average Bonchev–Trinajstić information content (AvgIpc) is 2.31. The third kappa shape index (κ3) is 3.12. The average molecular weight is 276 g/mol. The lowest BCUT2D eigenvalue weighted by atomic mass is 10.2. The first kappa shape index (κ1) is 13.5. The van der Waals surface area contributed by atoms with Gasteiger partial charge in [0.05, 0.1) is 4.90 Å². The Labute approximate surface area is 113 Å². The lowest BCUT2D eigenvalue weighted by Crippen LogP contribution is -2.15. The van der Waals surface area contributed by atoms with Gasteiger partial charge in [-0.1, -0.05) is 12.1 Å². The van der Waals surface area contributed by atoms with Crippen LogP contribution < -0.4 is 4.72 Å². The van der Waals surface area contributed by atoms with E-state index in [9.17, 15) is 8.42 Å². The van der Waals surface area contributed by atoms with Gasteiger partial charge in [-0.3, -0.25) is 4.72 Å². The molecule has 1 aromatic carbocycles. The summed E-state index contributed by atoms with van der Waals surface area (Å²) in [5, 5.41) is 0. The summed E-state index contributed by atoms with van der Waals surface area (Å²) in [7, 11) is -3.60. The number of hydrogen-bond acceptors (Lipinski definition) is 3. The molecule has 0 saturated carbocycles. The van der Waals surface area contributed by atoms with E-state index < -0.39 is 10.0 Å². The summed E-state index contributed by atoms with van der Waals surface area (Å²) in [6, 6.07) is 8.86. The van der Waals surface area contributed by atoms with E-state index in [0.717, 1.165) is 11.1 Å². The zero-order valence-electron chi connectivity index (χ0n) is 11.1. The molecular weight excluding hydrogens is 260 g/mol. The van der Waals surface area contributed by atoms with Gasteiger partial charge < -0.3 is 0 Å². The molecule has 19 heavy (non-hydrogen) atoms. The van der Waals surface area contributed by atoms with E-state index in [1.54, 1.807) is 31.3 Å². The number of benzene rings is 1. The van der Waals surface area contributed by atoms with Crippen LogP contribution in [0, 0.1) is 20.8 Å². The van der Waals surface area contributed by atoms with Crippen LogP contribution in [0.15, 0.2) is 41.4 Å². The van der Waals surface area contributed by atoms with Gasteiger partial charge in [-0.15, -0.1) is 0 Å². The van der Waals surface area contributed by atoms with Crippen LogP contribution in [-0.4, -0.2) is 13.4 Å². The Morgan fingerprint density at radius 1 is 1.00 bits per heavy atom. The zero-order valence-corrected chi connectivity index (χ0v) is 12.0. The summed E-state index contributed by atoms with van der Waals surface area (Å²) in [5.74, 6) is 0.334. The molecule has 0 amide bonds. The topological polar surface area (TPSA) is 59.1 Å². The molecule has 5 heteroatoms. The number of pyridine rings is 1. The zero-order chi connectivity index (χ0) is 14.0. The molecule has 0 aliphatic heterocycles. The summed E-state index contributed by atoms with van der Waals surface area (Å²) in [6.07, 6.45) is 1.58. The number of aromatic nitrogens is 1. The first-order valence-electron chi connectivity index (χ1n) is 5.91. The molecule has 1 heterocycles. The van der Waals surface area contributed by atoms with Crippen LogP contribution in [0.3, 0.4) is 0 Å². The highest BCUT2D eigenvalue weighted by Crippen LogP contribution is 2.19. The predicted octanol–water partition coefficient (Wildman–Crippen LogP) is 2.81. The number of nitrogens with one attached hydrogen (secondary N) is 1. The van der Waals surface area contributed by atoms with E-state index >= 15 is 0 Å². The molecule has 0 bridgehead atoms.